The Kier molecular flexibility index (Phi) is 9.83. The molecule has 0 saturated heterocycles. The summed E-state index contributed by atoms with van der Waals surface area (Å²) in [4.78, 5) is 29.3. The molecule has 1 fully saturated rings. The highest BCUT2D eigenvalue weighted by atomic mass is 35.5. The van der Waals surface area contributed by atoms with Gasteiger partial charge in [-0.3, -0.25) is 9.59 Å². The molecule has 1 aliphatic carbocycles. The number of benzene rings is 3. The first-order chi connectivity index (χ1) is 18.4. The van der Waals surface area contributed by atoms with E-state index in [0.717, 1.165) is 47.9 Å². The summed E-state index contributed by atoms with van der Waals surface area (Å²) in [6.07, 6.45) is 5.81. The Morgan fingerprint density at radius 2 is 1.66 bits per heavy atom. The minimum atomic E-state index is -0.676. The van der Waals surface area contributed by atoms with Crippen LogP contribution in [0.15, 0.2) is 72.8 Å². The predicted octanol–water partition coefficient (Wildman–Crippen LogP) is 6.42. The van der Waals surface area contributed by atoms with E-state index in [1.54, 1.807) is 17.0 Å². The average Bonchev–Trinajstić information content (AvgIpc) is 2.92. The second kappa shape index (κ2) is 13.5. The Labute approximate surface area is 231 Å². The molecule has 0 aromatic heterocycles. The van der Waals surface area contributed by atoms with E-state index < -0.39 is 6.04 Å². The molecule has 0 unspecified atom stereocenters. The van der Waals surface area contributed by atoms with Gasteiger partial charge in [-0.25, -0.2) is 0 Å². The quantitative estimate of drug-likeness (QED) is 0.327. The van der Waals surface area contributed by atoms with Crippen molar-refractivity contribution in [3.63, 3.8) is 0 Å². The molecule has 3 aromatic rings. The SMILES string of the molecule is Cc1ccc(OCC(=O)N(Cc2ccc(Cl)cc2)[C@@H](Cc2ccccc2)C(=O)NC2CCCCC2)c(C)c1. The molecule has 1 atom stereocenters. The van der Waals surface area contributed by atoms with Crippen LogP contribution in [0.25, 0.3) is 0 Å². The second-order valence-electron chi connectivity index (χ2n) is 10.3. The van der Waals surface area contributed by atoms with Crippen molar-refractivity contribution in [1.82, 2.24) is 10.2 Å². The van der Waals surface area contributed by atoms with Crippen LogP contribution in [-0.4, -0.2) is 35.4 Å². The summed E-state index contributed by atoms with van der Waals surface area (Å²) in [5, 5.41) is 3.89. The van der Waals surface area contributed by atoms with Crippen LogP contribution in [0, 0.1) is 13.8 Å². The number of halogens is 1. The molecule has 3 aromatic carbocycles. The third-order valence-corrected chi connectivity index (χ3v) is 7.42. The molecular formula is C32H37ClN2O3. The van der Waals surface area contributed by atoms with Crippen LogP contribution in [-0.2, 0) is 22.6 Å². The highest BCUT2D eigenvalue weighted by Gasteiger charge is 2.32. The lowest BCUT2D eigenvalue weighted by Gasteiger charge is -2.33. The zero-order valence-corrected chi connectivity index (χ0v) is 23.0. The number of nitrogens with one attached hydrogen (secondary N) is 1. The Morgan fingerprint density at radius 3 is 2.34 bits per heavy atom. The average molecular weight is 533 g/mol. The normalized spacial score (nSPS) is 14.5. The minimum Gasteiger partial charge on any atom is -0.483 e. The molecule has 0 spiro atoms. The van der Waals surface area contributed by atoms with Crippen LogP contribution >= 0.6 is 11.6 Å². The first-order valence-electron chi connectivity index (χ1n) is 13.5. The molecule has 4 rings (SSSR count). The van der Waals surface area contributed by atoms with Crippen molar-refractivity contribution < 1.29 is 14.3 Å². The lowest BCUT2D eigenvalue weighted by atomic mass is 9.94. The fraction of sp³-hybridized carbons (Fsp3) is 0.375. The maximum Gasteiger partial charge on any atom is 0.261 e. The molecule has 38 heavy (non-hydrogen) atoms. The minimum absolute atomic E-state index is 0.116. The van der Waals surface area contributed by atoms with Gasteiger partial charge in [0.2, 0.25) is 5.91 Å². The first-order valence-corrected chi connectivity index (χ1v) is 13.8. The highest BCUT2D eigenvalue weighted by Crippen LogP contribution is 2.22. The van der Waals surface area contributed by atoms with E-state index >= 15 is 0 Å². The van der Waals surface area contributed by atoms with E-state index in [4.69, 9.17) is 16.3 Å². The Bertz CT molecular complexity index is 1210. The van der Waals surface area contributed by atoms with Crippen molar-refractivity contribution in [2.24, 2.45) is 0 Å². The van der Waals surface area contributed by atoms with Crippen LogP contribution in [0.5, 0.6) is 5.75 Å². The molecule has 0 aliphatic heterocycles. The summed E-state index contributed by atoms with van der Waals surface area (Å²) in [5.74, 6) is 0.316. The molecular weight excluding hydrogens is 496 g/mol. The topological polar surface area (TPSA) is 58.6 Å². The number of hydrogen-bond acceptors (Lipinski definition) is 3. The summed E-state index contributed by atoms with van der Waals surface area (Å²) in [6, 6.07) is 22.6. The van der Waals surface area contributed by atoms with E-state index in [-0.39, 0.29) is 31.0 Å². The van der Waals surface area contributed by atoms with Gasteiger partial charge in [-0.15, -0.1) is 0 Å². The standard InChI is InChI=1S/C32H37ClN2O3/c1-23-13-18-30(24(2)19-23)38-22-31(36)35(21-26-14-16-27(33)17-15-26)29(20-25-9-5-3-6-10-25)32(37)34-28-11-7-4-8-12-28/h3,5-6,9-10,13-19,28-29H,4,7-8,11-12,20-22H2,1-2H3,(H,34,37)/t29-/m0/s1. The monoisotopic (exact) mass is 532 g/mol. The first kappa shape index (κ1) is 27.7. The Morgan fingerprint density at radius 1 is 0.947 bits per heavy atom. The number of aryl methyl sites for hydroxylation is 2. The molecule has 1 aliphatic rings. The molecule has 2 amide bonds. The van der Waals surface area contributed by atoms with Crippen molar-refractivity contribution >= 4 is 23.4 Å². The number of amides is 2. The molecule has 200 valence electrons. The van der Waals surface area contributed by atoms with Crippen LogP contribution in [0.2, 0.25) is 5.02 Å². The van der Waals surface area contributed by atoms with Gasteiger partial charge in [-0.1, -0.05) is 91.0 Å². The van der Waals surface area contributed by atoms with Gasteiger partial charge >= 0.3 is 0 Å². The van der Waals surface area contributed by atoms with Crippen molar-refractivity contribution in [1.29, 1.82) is 0 Å². The van der Waals surface area contributed by atoms with Crippen molar-refractivity contribution in [2.45, 2.75) is 71.0 Å². The third kappa shape index (κ3) is 7.84. The van der Waals surface area contributed by atoms with E-state index in [1.165, 1.54) is 6.42 Å². The van der Waals surface area contributed by atoms with Gasteiger partial charge in [0.15, 0.2) is 6.61 Å². The van der Waals surface area contributed by atoms with Gasteiger partial charge in [0.1, 0.15) is 11.8 Å². The lowest BCUT2D eigenvalue weighted by Crippen LogP contribution is -2.53. The van der Waals surface area contributed by atoms with E-state index in [0.29, 0.717) is 17.2 Å². The number of hydrogen-bond donors (Lipinski definition) is 1. The van der Waals surface area contributed by atoms with Crippen LogP contribution < -0.4 is 10.1 Å². The fourth-order valence-electron chi connectivity index (χ4n) is 5.07. The summed E-state index contributed by atoms with van der Waals surface area (Å²) in [6.45, 7) is 4.12. The molecule has 1 saturated carbocycles. The summed E-state index contributed by atoms with van der Waals surface area (Å²) >= 11 is 6.12. The number of carbonyl (C=O) groups is 2. The van der Waals surface area contributed by atoms with Gasteiger partial charge in [-0.05, 0) is 61.6 Å². The predicted molar refractivity (Wildman–Crippen MR) is 152 cm³/mol. The summed E-state index contributed by atoms with van der Waals surface area (Å²) in [5.41, 5.74) is 4.00. The zero-order chi connectivity index (χ0) is 26.9. The largest absolute Gasteiger partial charge is 0.483 e. The fourth-order valence-corrected chi connectivity index (χ4v) is 5.19. The zero-order valence-electron chi connectivity index (χ0n) is 22.3. The summed E-state index contributed by atoms with van der Waals surface area (Å²) in [7, 11) is 0. The van der Waals surface area contributed by atoms with Crippen molar-refractivity contribution in [3.05, 3.63) is 100 Å². The van der Waals surface area contributed by atoms with Gasteiger partial charge in [0.25, 0.3) is 5.91 Å². The molecule has 5 nitrogen and oxygen atoms in total. The number of carbonyl (C=O) groups excluding carboxylic acids is 2. The van der Waals surface area contributed by atoms with Gasteiger partial charge in [-0.2, -0.15) is 0 Å². The van der Waals surface area contributed by atoms with E-state index in [1.807, 2.05) is 74.5 Å². The number of nitrogens with zero attached hydrogens (tertiary/aromatic N) is 1. The Balaban J connectivity index is 1.61. The molecule has 1 N–H and O–H groups in total. The van der Waals surface area contributed by atoms with Crippen molar-refractivity contribution in [2.75, 3.05) is 6.61 Å². The van der Waals surface area contributed by atoms with Gasteiger partial charge in [0, 0.05) is 24.0 Å². The number of rotatable bonds is 10. The highest BCUT2D eigenvalue weighted by molar-refractivity contribution is 6.30. The summed E-state index contributed by atoms with van der Waals surface area (Å²) < 4.78 is 5.98. The maximum atomic E-state index is 13.8. The second-order valence-corrected chi connectivity index (χ2v) is 10.7. The van der Waals surface area contributed by atoms with Crippen LogP contribution in [0.4, 0.5) is 0 Å². The van der Waals surface area contributed by atoms with Crippen molar-refractivity contribution in [3.8, 4) is 5.75 Å². The smallest absolute Gasteiger partial charge is 0.261 e. The molecule has 0 radical (unpaired) electrons. The van der Waals surface area contributed by atoms with Gasteiger partial charge in [0.05, 0.1) is 0 Å². The molecule has 6 heteroatoms. The number of ether oxygens (including phenoxy) is 1. The van der Waals surface area contributed by atoms with E-state index in [2.05, 4.69) is 5.32 Å². The Hall–Kier alpha value is -3.31. The molecule has 0 bridgehead atoms. The van der Waals surface area contributed by atoms with Gasteiger partial charge < -0.3 is 15.0 Å². The van der Waals surface area contributed by atoms with Crippen LogP contribution in [0.3, 0.4) is 0 Å². The molecule has 0 heterocycles. The maximum absolute atomic E-state index is 13.8. The van der Waals surface area contributed by atoms with E-state index in [9.17, 15) is 9.59 Å². The van der Waals surface area contributed by atoms with Crippen LogP contribution in [0.1, 0.15) is 54.4 Å². The lowest BCUT2D eigenvalue weighted by molar-refractivity contribution is -0.143. The third-order valence-electron chi connectivity index (χ3n) is 7.17.